The Hall–Kier alpha value is -1.04. The van der Waals surface area contributed by atoms with E-state index in [0.717, 1.165) is 32.5 Å². The van der Waals surface area contributed by atoms with Crippen LogP contribution in [0.15, 0.2) is 24.3 Å². The molecule has 23 heavy (non-hydrogen) atoms. The second-order valence-electron chi connectivity index (χ2n) is 5.66. The molecule has 1 aliphatic rings. The first kappa shape index (κ1) is 18.3. The fraction of sp³-hybridized carbons (Fsp3) is 0.529. The molecule has 4 nitrogen and oxygen atoms in total. The van der Waals surface area contributed by atoms with E-state index in [1.54, 1.807) is 24.3 Å². The summed E-state index contributed by atoms with van der Waals surface area (Å²) < 4.78 is 0. The molecule has 126 valence electrons. The van der Waals surface area contributed by atoms with Crippen LogP contribution in [0.5, 0.6) is 0 Å². The average Bonchev–Trinajstić information content (AvgIpc) is 3.07. The van der Waals surface area contributed by atoms with E-state index in [4.69, 9.17) is 11.6 Å². The number of benzene rings is 1. The minimum Gasteiger partial charge on any atom is -0.338 e. The van der Waals surface area contributed by atoms with Crippen molar-refractivity contribution < 1.29 is 9.59 Å². The highest BCUT2D eigenvalue weighted by molar-refractivity contribution is 8.00. The zero-order chi connectivity index (χ0) is 16.7. The van der Waals surface area contributed by atoms with Gasteiger partial charge in [0, 0.05) is 29.7 Å². The zero-order valence-corrected chi connectivity index (χ0v) is 15.0. The molecule has 1 saturated heterocycles. The van der Waals surface area contributed by atoms with Gasteiger partial charge in [-0.15, -0.1) is 11.8 Å². The number of hydrogen-bond acceptors (Lipinski definition) is 4. The largest absolute Gasteiger partial charge is 0.338 e. The summed E-state index contributed by atoms with van der Waals surface area (Å²) in [5.41, 5.74) is 0.639. The Morgan fingerprint density at radius 1 is 1.30 bits per heavy atom. The molecule has 2 rings (SSSR count). The molecule has 1 fully saturated rings. The normalized spacial score (nSPS) is 17.2. The first-order valence-corrected chi connectivity index (χ1v) is 9.51. The fourth-order valence-corrected chi connectivity index (χ4v) is 3.61. The lowest BCUT2D eigenvalue weighted by atomic mass is 10.1. The molecule has 1 amide bonds. The Morgan fingerprint density at radius 2 is 2.04 bits per heavy atom. The first-order valence-electron chi connectivity index (χ1n) is 7.98. The summed E-state index contributed by atoms with van der Waals surface area (Å²) >= 11 is 7.20. The smallest absolute Gasteiger partial charge is 0.232 e. The van der Waals surface area contributed by atoms with Gasteiger partial charge in [0.15, 0.2) is 5.78 Å². The van der Waals surface area contributed by atoms with Gasteiger partial charge >= 0.3 is 0 Å². The quantitative estimate of drug-likeness (QED) is 0.729. The number of rotatable bonds is 8. The maximum absolute atomic E-state index is 12.4. The Morgan fingerprint density at radius 3 is 2.65 bits per heavy atom. The Kier molecular flexibility index (Phi) is 7.40. The highest BCUT2D eigenvalue weighted by Gasteiger charge is 2.25. The van der Waals surface area contributed by atoms with Crippen molar-refractivity contribution in [1.82, 2.24) is 10.2 Å². The zero-order valence-electron chi connectivity index (χ0n) is 13.4. The molecule has 0 bridgehead atoms. The maximum atomic E-state index is 12.4. The van der Waals surface area contributed by atoms with Crippen LogP contribution >= 0.6 is 23.4 Å². The van der Waals surface area contributed by atoms with Crippen molar-refractivity contribution in [2.45, 2.75) is 25.8 Å². The number of carbonyl (C=O) groups excluding carboxylic acids is 2. The summed E-state index contributed by atoms with van der Waals surface area (Å²) in [7, 11) is 0. The van der Waals surface area contributed by atoms with E-state index in [1.165, 1.54) is 11.8 Å². The highest BCUT2D eigenvalue weighted by atomic mass is 35.5. The number of ketones is 1. The molecule has 0 aliphatic carbocycles. The number of thioether (sulfide) groups is 1. The number of hydrogen-bond donors (Lipinski definition) is 1. The second kappa shape index (κ2) is 9.30. The highest BCUT2D eigenvalue weighted by Crippen LogP contribution is 2.15. The molecule has 1 heterocycles. The van der Waals surface area contributed by atoms with Crippen molar-refractivity contribution in [1.29, 1.82) is 0 Å². The van der Waals surface area contributed by atoms with Crippen molar-refractivity contribution >= 4 is 35.1 Å². The lowest BCUT2D eigenvalue weighted by Gasteiger charge is -2.28. The summed E-state index contributed by atoms with van der Waals surface area (Å²) in [6, 6.07) is 7.16. The molecule has 1 aliphatic heterocycles. The Labute approximate surface area is 146 Å². The van der Waals surface area contributed by atoms with Gasteiger partial charge in [-0.25, -0.2) is 0 Å². The molecule has 1 unspecified atom stereocenters. The van der Waals surface area contributed by atoms with E-state index in [1.807, 2.05) is 4.90 Å². The van der Waals surface area contributed by atoms with Crippen LogP contribution in [0.25, 0.3) is 0 Å². The van der Waals surface area contributed by atoms with E-state index in [2.05, 4.69) is 12.2 Å². The number of nitrogens with one attached hydrogen (secondary N) is 1. The molecule has 1 N–H and O–H groups in total. The molecule has 1 aromatic rings. The maximum Gasteiger partial charge on any atom is 0.232 e. The Balaban J connectivity index is 1.80. The number of Topliss-reactive ketones (excluding diaryl/α,β-unsaturated/α-hetero) is 1. The number of halogens is 1. The predicted molar refractivity (Wildman–Crippen MR) is 96.4 cm³/mol. The van der Waals surface area contributed by atoms with E-state index in [9.17, 15) is 9.59 Å². The van der Waals surface area contributed by atoms with Crippen LogP contribution in [-0.4, -0.2) is 53.8 Å². The van der Waals surface area contributed by atoms with Gasteiger partial charge < -0.3 is 10.2 Å². The molecule has 1 atom stereocenters. The molecule has 0 radical (unpaired) electrons. The number of nitrogens with zero attached hydrogens (tertiary/aromatic N) is 1. The van der Waals surface area contributed by atoms with Crippen LogP contribution in [-0.2, 0) is 4.79 Å². The van der Waals surface area contributed by atoms with Gasteiger partial charge in [-0.2, -0.15) is 0 Å². The topological polar surface area (TPSA) is 49.4 Å². The molecule has 1 aromatic carbocycles. The van der Waals surface area contributed by atoms with Crippen LogP contribution in [0.1, 0.15) is 30.1 Å². The number of carbonyl (C=O) groups is 2. The van der Waals surface area contributed by atoms with E-state index < -0.39 is 0 Å². The van der Waals surface area contributed by atoms with Crippen molar-refractivity contribution in [2.75, 3.05) is 31.1 Å². The van der Waals surface area contributed by atoms with E-state index in [-0.39, 0.29) is 11.7 Å². The van der Waals surface area contributed by atoms with Gasteiger partial charge in [-0.3, -0.25) is 9.59 Å². The first-order chi connectivity index (χ1) is 11.1. The lowest BCUT2D eigenvalue weighted by Crippen LogP contribution is -2.43. The van der Waals surface area contributed by atoms with Gasteiger partial charge in [0.05, 0.1) is 11.5 Å². The number of amides is 1. The third-order valence-corrected chi connectivity index (χ3v) is 5.05. The van der Waals surface area contributed by atoms with Gasteiger partial charge in [-0.1, -0.05) is 18.5 Å². The summed E-state index contributed by atoms with van der Waals surface area (Å²) in [5.74, 6) is 0.838. The van der Waals surface area contributed by atoms with Crippen LogP contribution in [0, 0.1) is 0 Å². The van der Waals surface area contributed by atoms with Crippen molar-refractivity contribution in [3.63, 3.8) is 0 Å². The van der Waals surface area contributed by atoms with Crippen molar-refractivity contribution in [3.05, 3.63) is 34.9 Å². The standard InChI is InChI=1S/C17H23ClN2O2S/c1-2-9-20(15-7-8-19-10-15)17(22)12-23-11-16(21)13-3-5-14(18)6-4-13/h3-6,15,19H,2,7-12H2,1H3. The van der Waals surface area contributed by atoms with Crippen LogP contribution < -0.4 is 5.32 Å². The molecule has 0 saturated carbocycles. The molecule has 0 spiro atoms. The third kappa shape index (κ3) is 5.52. The van der Waals surface area contributed by atoms with Gasteiger partial charge in [-0.05, 0) is 43.7 Å². The summed E-state index contributed by atoms with van der Waals surface area (Å²) in [6.07, 6.45) is 1.97. The van der Waals surface area contributed by atoms with Crippen LogP contribution in [0.4, 0.5) is 0 Å². The minimum absolute atomic E-state index is 0.0315. The van der Waals surface area contributed by atoms with Gasteiger partial charge in [0.2, 0.25) is 5.91 Å². The molecular formula is C17H23ClN2O2S. The van der Waals surface area contributed by atoms with E-state index >= 15 is 0 Å². The summed E-state index contributed by atoms with van der Waals surface area (Å²) in [4.78, 5) is 26.5. The SMILES string of the molecule is CCCN(C(=O)CSCC(=O)c1ccc(Cl)cc1)C1CCNC1. The van der Waals surface area contributed by atoms with Crippen LogP contribution in [0.2, 0.25) is 5.02 Å². The monoisotopic (exact) mass is 354 g/mol. The van der Waals surface area contributed by atoms with Gasteiger partial charge in [0.1, 0.15) is 0 Å². The average molecular weight is 355 g/mol. The summed E-state index contributed by atoms with van der Waals surface area (Å²) in [5, 5.41) is 3.92. The van der Waals surface area contributed by atoms with E-state index in [0.29, 0.717) is 28.1 Å². The minimum atomic E-state index is 0.0315. The molecule has 0 aromatic heterocycles. The lowest BCUT2D eigenvalue weighted by molar-refractivity contribution is -0.130. The third-order valence-electron chi connectivity index (χ3n) is 3.88. The molecule has 6 heteroatoms. The fourth-order valence-electron chi connectivity index (χ4n) is 2.69. The Bertz CT molecular complexity index is 530. The van der Waals surface area contributed by atoms with Crippen molar-refractivity contribution in [3.8, 4) is 0 Å². The summed E-state index contributed by atoms with van der Waals surface area (Å²) in [6.45, 7) is 4.72. The van der Waals surface area contributed by atoms with Gasteiger partial charge in [0.25, 0.3) is 0 Å². The predicted octanol–water partition coefficient (Wildman–Crippen LogP) is 2.86. The van der Waals surface area contributed by atoms with Crippen LogP contribution in [0.3, 0.4) is 0 Å². The second-order valence-corrected chi connectivity index (χ2v) is 7.08. The van der Waals surface area contributed by atoms with Crippen molar-refractivity contribution in [2.24, 2.45) is 0 Å². The molecular weight excluding hydrogens is 332 g/mol.